The second-order valence-corrected chi connectivity index (χ2v) is 4.93. The molecule has 3 unspecified atom stereocenters. The number of aliphatic hydroxyl groups is 1. The van der Waals surface area contributed by atoms with Crippen molar-refractivity contribution in [3.63, 3.8) is 0 Å². The van der Waals surface area contributed by atoms with E-state index in [1.807, 2.05) is 4.90 Å². The molecule has 2 saturated heterocycles. The number of carbonyl (C=O) groups excluding carboxylic acids is 1. The summed E-state index contributed by atoms with van der Waals surface area (Å²) in [6.45, 7) is 3.98. The lowest BCUT2D eigenvalue weighted by Crippen LogP contribution is -2.41. The average molecular weight is 227 g/mol. The summed E-state index contributed by atoms with van der Waals surface area (Å²) in [7, 11) is 0. The Kier molecular flexibility index (Phi) is 3.82. The summed E-state index contributed by atoms with van der Waals surface area (Å²) in [5.74, 6) is 0.371. The van der Waals surface area contributed by atoms with Crippen LogP contribution < -0.4 is 0 Å². The van der Waals surface area contributed by atoms with E-state index in [4.69, 9.17) is 4.74 Å². The highest BCUT2D eigenvalue weighted by Crippen LogP contribution is 2.23. The Morgan fingerprint density at radius 3 is 2.81 bits per heavy atom. The molecule has 0 aromatic carbocycles. The molecule has 2 aliphatic heterocycles. The highest BCUT2D eigenvalue weighted by molar-refractivity contribution is 5.81. The van der Waals surface area contributed by atoms with Gasteiger partial charge in [0.1, 0.15) is 6.10 Å². The zero-order valence-electron chi connectivity index (χ0n) is 9.89. The monoisotopic (exact) mass is 227 g/mol. The molecule has 2 aliphatic rings. The second-order valence-electron chi connectivity index (χ2n) is 4.93. The van der Waals surface area contributed by atoms with Gasteiger partial charge in [0.15, 0.2) is 0 Å². The number of ether oxygens (including phenoxy) is 1. The van der Waals surface area contributed by atoms with Crippen molar-refractivity contribution in [1.82, 2.24) is 4.90 Å². The minimum atomic E-state index is -0.315. The van der Waals surface area contributed by atoms with Gasteiger partial charge < -0.3 is 14.7 Å². The van der Waals surface area contributed by atoms with Gasteiger partial charge in [0.2, 0.25) is 0 Å². The van der Waals surface area contributed by atoms with Crippen LogP contribution >= 0.6 is 0 Å². The minimum Gasteiger partial charge on any atom is -0.393 e. The first-order valence-corrected chi connectivity index (χ1v) is 6.27. The van der Waals surface area contributed by atoms with Gasteiger partial charge in [0.25, 0.3) is 5.91 Å². The lowest BCUT2D eigenvalue weighted by atomic mass is 10.0. The number of aliphatic hydroxyl groups excluding tert-OH is 1. The molecule has 2 heterocycles. The molecule has 92 valence electrons. The molecule has 2 fully saturated rings. The lowest BCUT2D eigenvalue weighted by Gasteiger charge is -2.26. The molecule has 0 radical (unpaired) electrons. The van der Waals surface area contributed by atoms with E-state index in [9.17, 15) is 9.90 Å². The summed E-state index contributed by atoms with van der Waals surface area (Å²) in [6, 6.07) is 0. The standard InChI is InChI=1S/C12H21NO3/c1-9(14)10-5-6-13(8-10)12(15)11-4-2-3-7-16-11/h9-11,14H,2-8H2,1H3. The van der Waals surface area contributed by atoms with Crippen molar-refractivity contribution in [2.45, 2.75) is 44.8 Å². The van der Waals surface area contributed by atoms with E-state index < -0.39 is 0 Å². The number of hydrogen-bond acceptors (Lipinski definition) is 3. The van der Waals surface area contributed by atoms with Crippen LogP contribution in [-0.4, -0.2) is 47.8 Å². The van der Waals surface area contributed by atoms with Gasteiger partial charge in [-0.15, -0.1) is 0 Å². The van der Waals surface area contributed by atoms with Gasteiger partial charge in [0.05, 0.1) is 6.10 Å². The largest absolute Gasteiger partial charge is 0.393 e. The van der Waals surface area contributed by atoms with Crippen LogP contribution in [0.25, 0.3) is 0 Å². The molecule has 0 bridgehead atoms. The van der Waals surface area contributed by atoms with Gasteiger partial charge in [-0.1, -0.05) is 0 Å². The van der Waals surface area contributed by atoms with Crippen LogP contribution in [0.1, 0.15) is 32.6 Å². The Labute approximate surface area is 96.6 Å². The van der Waals surface area contributed by atoms with Gasteiger partial charge in [-0.3, -0.25) is 4.79 Å². The fourth-order valence-electron chi connectivity index (χ4n) is 2.52. The predicted octanol–water partition coefficient (Wildman–Crippen LogP) is 0.785. The highest BCUT2D eigenvalue weighted by Gasteiger charge is 2.33. The smallest absolute Gasteiger partial charge is 0.251 e. The van der Waals surface area contributed by atoms with E-state index >= 15 is 0 Å². The Morgan fingerprint density at radius 1 is 1.44 bits per heavy atom. The van der Waals surface area contributed by atoms with Crippen molar-refractivity contribution in [3.05, 3.63) is 0 Å². The second kappa shape index (κ2) is 5.15. The van der Waals surface area contributed by atoms with Crippen molar-refractivity contribution in [1.29, 1.82) is 0 Å². The van der Waals surface area contributed by atoms with Crippen molar-refractivity contribution in [3.8, 4) is 0 Å². The van der Waals surface area contributed by atoms with E-state index in [-0.39, 0.29) is 24.0 Å². The van der Waals surface area contributed by atoms with Crippen molar-refractivity contribution >= 4 is 5.91 Å². The first-order chi connectivity index (χ1) is 7.68. The summed E-state index contributed by atoms with van der Waals surface area (Å²) in [4.78, 5) is 13.9. The number of carbonyl (C=O) groups is 1. The van der Waals surface area contributed by atoms with Crippen molar-refractivity contribution < 1.29 is 14.6 Å². The van der Waals surface area contributed by atoms with Crippen LogP contribution in [0.2, 0.25) is 0 Å². The summed E-state index contributed by atoms with van der Waals surface area (Å²) < 4.78 is 5.49. The van der Waals surface area contributed by atoms with Crippen LogP contribution in [0.15, 0.2) is 0 Å². The molecular weight excluding hydrogens is 206 g/mol. The number of nitrogens with zero attached hydrogens (tertiary/aromatic N) is 1. The Hall–Kier alpha value is -0.610. The van der Waals surface area contributed by atoms with Crippen molar-refractivity contribution in [2.75, 3.05) is 19.7 Å². The highest BCUT2D eigenvalue weighted by atomic mass is 16.5. The van der Waals surface area contributed by atoms with Crippen LogP contribution in [0.4, 0.5) is 0 Å². The number of amides is 1. The van der Waals surface area contributed by atoms with Crippen LogP contribution in [0.5, 0.6) is 0 Å². The Balaban J connectivity index is 1.86. The summed E-state index contributed by atoms with van der Waals surface area (Å²) >= 11 is 0. The van der Waals surface area contributed by atoms with E-state index in [0.717, 1.165) is 32.2 Å². The van der Waals surface area contributed by atoms with E-state index in [2.05, 4.69) is 0 Å². The minimum absolute atomic E-state index is 0.128. The molecule has 1 amide bonds. The molecular formula is C12H21NO3. The Morgan fingerprint density at radius 2 is 2.25 bits per heavy atom. The summed E-state index contributed by atoms with van der Waals surface area (Å²) in [5.41, 5.74) is 0. The molecule has 3 atom stereocenters. The molecule has 4 heteroatoms. The quantitative estimate of drug-likeness (QED) is 0.758. The predicted molar refractivity (Wildman–Crippen MR) is 60.0 cm³/mol. The van der Waals surface area contributed by atoms with E-state index in [1.165, 1.54) is 0 Å². The topological polar surface area (TPSA) is 49.8 Å². The molecule has 0 aliphatic carbocycles. The maximum absolute atomic E-state index is 12.1. The molecule has 0 aromatic heterocycles. The third kappa shape index (κ3) is 2.55. The number of likely N-dealkylation sites (tertiary alicyclic amines) is 1. The SMILES string of the molecule is CC(O)C1CCN(C(=O)C2CCCCO2)C1. The zero-order valence-corrected chi connectivity index (χ0v) is 9.89. The fourth-order valence-corrected chi connectivity index (χ4v) is 2.52. The van der Waals surface area contributed by atoms with Gasteiger partial charge >= 0.3 is 0 Å². The number of rotatable bonds is 2. The van der Waals surface area contributed by atoms with Gasteiger partial charge in [-0.25, -0.2) is 0 Å². The summed E-state index contributed by atoms with van der Waals surface area (Å²) in [5, 5.41) is 9.49. The van der Waals surface area contributed by atoms with E-state index in [1.54, 1.807) is 6.92 Å². The van der Waals surface area contributed by atoms with Crippen LogP contribution in [0, 0.1) is 5.92 Å². The van der Waals surface area contributed by atoms with Crippen LogP contribution in [0.3, 0.4) is 0 Å². The molecule has 0 spiro atoms. The molecule has 2 rings (SSSR count). The van der Waals surface area contributed by atoms with Gasteiger partial charge in [0, 0.05) is 25.6 Å². The third-order valence-corrected chi connectivity index (χ3v) is 3.67. The van der Waals surface area contributed by atoms with E-state index in [0.29, 0.717) is 13.2 Å². The maximum atomic E-state index is 12.1. The first-order valence-electron chi connectivity index (χ1n) is 6.27. The molecule has 16 heavy (non-hydrogen) atoms. The molecule has 1 N–H and O–H groups in total. The van der Waals surface area contributed by atoms with Gasteiger partial charge in [-0.05, 0) is 32.6 Å². The molecule has 0 saturated carbocycles. The lowest BCUT2D eigenvalue weighted by molar-refractivity contribution is -0.145. The third-order valence-electron chi connectivity index (χ3n) is 3.67. The first kappa shape index (κ1) is 11.9. The average Bonchev–Trinajstić information content (AvgIpc) is 2.78. The van der Waals surface area contributed by atoms with Crippen molar-refractivity contribution in [2.24, 2.45) is 5.92 Å². The van der Waals surface area contributed by atoms with Gasteiger partial charge in [-0.2, -0.15) is 0 Å². The Bertz CT molecular complexity index is 249. The molecule has 4 nitrogen and oxygen atoms in total. The zero-order chi connectivity index (χ0) is 11.5. The fraction of sp³-hybridized carbons (Fsp3) is 0.917. The van der Waals surface area contributed by atoms with Crippen LogP contribution in [-0.2, 0) is 9.53 Å². The normalized spacial score (nSPS) is 32.8. The molecule has 0 aromatic rings. The maximum Gasteiger partial charge on any atom is 0.251 e. The summed E-state index contributed by atoms with van der Waals surface area (Å²) in [6.07, 6.45) is 3.39. The number of hydrogen-bond donors (Lipinski definition) is 1.